The van der Waals surface area contributed by atoms with E-state index in [0.29, 0.717) is 0 Å². The summed E-state index contributed by atoms with van der Waals surface area (Å²) < 4.78 is 0. The van der Waals surface area contributed by atoms with E-state index in [1.165, 1.54) is 78.9 Å². The zero-order valence-electron chi connectivity index (χ0n) is 23.3. The fourth-order valence-corrected chi connectivity index (χ4v) is 13.9. The van der Waals surface area contributed by atoms with Crippen molar-refractivity contribution in [1.82, 2.24) is 0 Å². The number of hydrogen-bond donors (Lipinski definition) is 1. The molecular formula is C38H44S. The lowest BCUT2D eigenvalue weighted by atomic mass is 9.73. The molecule has 0 spiro atoms. The van der Waals surface area contributed by atoms with Crippen molar-refractivity contribution < 1.29 is 0 Å². The molecule has 0 aliphatic heterocycles. The van der Waals surface area contributed by atoms with E-state index >= 15 is 0 Å². The average molecular weight is 533 g/mol. The molecular weight excluding hydrogens is 488 g/mol. The zero-order valence-corrected chi connectivity index (χ0v) is 24.2. The van der Waals surface area contributed by atoms with Gasteiger partial charge in [0.1, 0.15) is 0 Å². The van der Waals surface area contributed by atoms with Crippen molar-refractivity contribution in [2.45, 2.75) is 90.7 Å². The second-order valence-electron chi connectivity index (χ2n) is 14.4. The fraction of sp³-hybridized carbons (Fsp3) is 0.526. The van der Waals surface area contributed by atoms with E-state index < -0.39 is 10.9 Å². The molecule has 1 heteroatoms. The molecule has 0 nitrogen and oxygen atoms in total. The van der Waals surface area contributed by atoms with Gasteiger partial charge in [0.15, 0.2) is 0 Å². The maximum Gasteiger partial charge on any atom is -0.00450 e. The summed E-state index contributed by atoms with van der Waals surface area (Å²) in [6.07, 6.45) is 15.0. The summed E-state index contributed by atoms with van der Waals surface area (Å²) >= 11 is 0. The molecule has 6 saturated carbocycles. The molecule has 0 aromatic heterocycles. The Morgan fingerprint density at radius 3 is 1.33 bits per heavy atom. The van der Waals surface area contributed by atoms with Crippen LogP contribution in [0.25, 0.3) is 0 Å². The molecule has 0 radical (unpaired) electrons. The number of rotatable bonds is 5. The van der Waals surface area contributed by atoms with E-state index in [0.717, 1.165) is 59.2 Å². The predicted octanol–water partition coefficient (Wildman–Crippen LogP) is 10.2. The monoisotopic (exact) mass is 532 g/mol. The lowest BCUT2D eigenvalue weighted by Crippen LogP contribution is -2.23. The largest absolute Gasteiger partial charge is 0.173 e. The first-order valence-electron chi connectivity index (χ1n) is 16.4. The molecule has 0 heterocycles. The minimum atomic E-state index is -0.525. The predicted molar refractivity (Wildman–Crippen MR) is 163 cm³/mol. The van der Waals surface area contributed by atoms with Crippen molar-refractivity contribution in [3.8, 4) is 0 Å². The van der Waals surface area contributed by atoms with E-state index in [9.17, 15) is 0 Å². The third kappa shape index (κ3) is 3.71. The maximum atomic E-state index is 2.53. The van der Waals surface area contributed by atoms with Crippen LogP contribution in [0.4, 0.5) is 0 Å². The average Bonchev–Trinajstić information content (AvgIpc) is 3.82. The Labute approximate surface area is 238 Å². The summed E-state index contributed by atoms with van der Waals surface area (Å²) in [7, 11) is -0.525. The number of thiol groups is 1. The van der Waals surface area contributed by atoms with Crippen molar-refractivity contribution in [3.63, 3.8) is 0 Å². The van der Waals surface area contributed by atoms with Gasteiger partial charge in [-0.05, 0) is 173 Å². The summed E-state index contributed by atoms with van der Waals surface area (Å²) in [5.74, 6) is 9.91. The smallest absolute Gasteiger partial charge is 0.00450 e. The molecule has 10 unspecified atom stereocenters. The van der Waals surface area contributed by atoms with Crippen LogP contribution >= 0.6 is 10.9 Å². The fourth-order valence-electron chi connectivity index (χ4n) is 11.7. The SMILES string of the molecule is c1ccc([SH](c2ccc(C3CC4CC3C3CCCC43)cc2)c2ccc(C3CC4CC3C3CCCC43)cc2)cc1. The van der Waals surface area contributed by atoms with Crippen LogP contribution in [0, 0.1) is 47.3 Å². The molecule has 39 heavy (non-hydrogen) atoms. The van der Waals surface area contributed by atoms with Gasteiger partial charge >= 0.3 is 0 Å². The lowest BCUT2D eigenvalue weighted by Gasteiger charge is -2.32. The van der Waals surface area contributed by atoms with Crippen LogP contribution in [0.15, 0.2) is 93.5 Å². The van der Waals surface area contributed by atoms with Crippen molar-refractivity contribution in [2.75, 3.05) is 0 Å². The second kappa shape index (κ2) is 9.27. The molecule has 6 fully saturated rings. The van der Waals surface area contributed by atoms with Crippen molar-refractivity contribution in [1.29, 1.82) is 0 Å². The molecule has 6 aliphatic rings. The van der Waals surface area contributed by atoms with Crippen LogP contribution < -0.4 is 0 Å². The van der Waals surface area contributed by atoms with Gasteiger partial charge in [-0.2, -0.15) is 10.9 Å². The summed E-state index contributed by atoms with van der Waals surface area (Å²) in [5, 5.41) is 0. The number of fused-ring (bicyclic) bond motifs is 10. The molecule has 202 valence electrons. The van der Waals surface area contributed by atoms with Crippen molar-refractivity contribution >= 4 is 10.9 Å². The van der Waals surface area contributed by atoms with Gasteiger partial charge in [0.05, 0.1) is 0 Å². The van der Waals surface area contributed by atoms with Crippen LogP contribution in [-0.2, 0) is 0 Å². The highest BCUT2D eigenvalue weighted by Crippen LogP contribution is 2.65. The van der Waals surface area contributed by atoms with E-state index in [-0.39, 0.29) is 0 Å². The maximum absolute atomic E-state index is 2.53. The Morgan fingerprint density at radius 1 is 0.410 bits per heavy atom. The topological polar surface area (TPSA) is 0 Å². The van der Waals surface area contributed by atoms with Crippen LogP contribution in [0.5, 0.6) is 0 Å². The van der Waals surface area contributed by atoms with E-state index in [2.05, 4.69) is 78.9 Å². The van der Waals surface area contributed by atoms with Crippen LogP contribution in [0.3, 0.4) is 0 Å². The second-order valence-corrected chi connectivity index (χ2v) is 16.6. The number of benzene rings is 3. The van der Waals surface area contributed by atoms with Gasteiger partial charge in [-0.3, -0.25) is 0 Å². The summed E-state index contributed by atoms with van der Waals surface area (Å²) in [6.45, 7) is 0. The van der Waals surface area contributed by atoms with Crippen molar-refractivity contribution in [2.24, 2.45) is 47.3 Å². The first kappa shape index (κ1) is 23.7. The van der Waals surface area contributed by atoms with E-state index in [1.54, 1.807) is 11.1 Å². The van der Waals surface area contributed by atoms with Crippen LogP contribution in [0.2, 0.25) is 0 Å². The van der Waals surface area contributed by atoms with Crippen LogP contribution in [0.1, 0.15) is 87.2 Å². The number of hydrogen-bond acceptors (Lipinski definition) is 0. The van der Waals surface area contributed by atoms with Gasteiger partial charge in [0, 0.05) is 0 Å². The van der Waals surface area contributed by atoms with Gasteiger partial charge in [0.2, 0.25) is 0 Å². The lowest BCUT2D eigenvalue weighted by molar-refractivity contribution is 0.232. The minimum Gasteiger partial charge on any atom is -0.173 e. The Bertz CT molecular complexity index is 1240. The quantitative estimate of drug-likeness (QED) is 0.310. The molecule has 10 atom stereocenters. The van der Waals surface area contributed by atoms with Gasteiger partial charge in [-0.1, -0.05) is 55.3 Å². The Kier molecular flexibility index (Phi) is 5.63. The molecule has 0 amide bonds. The molecule has 0 saturated heterocycles. The zero-order chi connectivity index (χ0) is 25.5. The van der Waals surface area contributed by atoms with Gasteiger partial charge in [-0.25, -0.2) is 0 Å². The third-order valence-corrected chi connectivity index (χ3v) is 15.5. The summed E-state index contributed by atoms with van der Waals surface area (Å²) in [5.41, 5.74) is 3.27. The highest BCUT2D eigenvalue weighted by atomic mass is 32.2. The van der Waals surface area contributed by atoms with Crippen molar-refractivity contribution in [3.05, 3.63) is 90.0 Å². The molecule has 3 aromatic rings. The third-order valence-electron chi connectivity index (χ3n) is 13.0. The highest BCUT2D eigenvalue weighted by Gasteiger charge is 2.55. The standard InChI is InChI=1S/C38H44S/c1-2-6-28(7-3-1)39(29-16-12-24(13-17-29)35-20-26-22-37(35)33-10-4-8-31(26)33)30-18-14-25(15-19-30)36-21-27-23-38(36)34-11-5-9-32(27)34/h1-3,6-7,12-19,26-27,31-39H,4-5,8-11,20-23H2. The Balaban J connectivity index is 0.995. The Morgan fingerprint density at radius 2 is 0.846 bits per heavy atom. The summed E-state index contributed by atoms with van der Waals surface area (Å²) in [6, 6.07) is 31.5. The normalized spacial score (nSPS) is 40.7. The molecule has 9 rings (SSSR count). The Hall–Kier alpha value is -1.99. The molecule has 6 aliphatic carbocycles. The highest BCUT2D eigenvalue weighted by molar-refractivity contribution is 8.17. The first-order valence-corrected chi connectivity index (χ1v) is 17.7. The molecule has 3 aromatic carbocycles. The van der Waals surface area contributed by atoms with Gasteiger partial charge in [-0.15, -0.1) is 0 Å². The summed E-state index contributed by atoms with van der Waals surface area (Å²) in [4.78, 5) is 4.52. The van der Waals surface area contributed by atoms with Gasteiger partial charge < -0.3 is 0 Å². The molecule has 4 bridgehead atoms. The van der Waals surface area contributed by atoms with Gasteiger partial charge in [0.25, 0.3) is 0 Å². The van der Waals surface area contributed by atoms with E-state index in [4.69, 9.17) is 0 Å². The first-order chi connectivity index (χ1) is 19.3. The minimum absolute atomic E-state index is 0.525. The van der Waals surface area contributed by atoms with E-state index in [1.807, 2.05) is 0 Å². The molecule has 0 N–H and O–H groups in total. The van der Waals surface area contributed by atoms with Crippen LogP contribution in [-0.4, -0.2) is 0 Å².